The smallest absolute Gasteiger partial charge is 0.290 e. The van der Waals surface area contributed by atoms with E-state index in [0.717, 1.165) is 11.3 Å². The highest BCUT2D eigenvalue weighted by Gasteiger charge is 2.10. The first-order valence-corrected chi connectivity index (χ1v) is 3.95. The number of para-hydroxylation sites is 1. The molecule has 0 aromatic heterocycles. The molecule has 0 atom stereocenters. The minimum Gasteiger partial charge on any atom is -0.309 e. The molecule has 0 aliphatic heterocycles. The molecule has 1 aromatic rings. The van der Waals surface area contributed by atoms with Crippen molar-refractivity contribution in [3.05, 3.63) is 29.8 Å². The maximum atomic E-state index is 11.0. The molecular weight excluding hydrogens is 166 g/mol. The van der Waals surface area contributed by atoms with Crippen LogP contribution in [0.25, 0.3) is 0 Å². The maximum absolute atomic E-state index is 11.0. The zero-order valence-electron chi connectivity index (χ0n) is 7.65. The van der Waals surface area contributed by atoms with Crippen LogP contribution >= 0.6 is 0 Å². The van der Waals surface area contributed by atoms with Crippen molar-refractivity contribution in [2.24, 2.45) is 0 Å². The van der Waals surface area contributed by atoms with E-state index in [9.17, 15) is 9.59 Å². The summed E-state index contributed by atoms with van der Waals surface area (Å²) in [5.74, 6) is -0.533. The molecule has 0 radical (unpaired) electrons. The number of amides is 1. The third-order valence-electron chi connectivity index (χ3n) is 1.91. The number of anilines is 1. The lowest BCUT2D eigenvalue weighted by molar-refractivity contribution is -0.129. The topological polar surface area (TPSA) is 37.4 Å². The van der Waals surface area contributed by atoms with E-state index in [0.29, 0.717) is 6.29 Å². The molecule has 3 heteroatoms. The molecule has 0 bridgehead atoms. The van der Waals surface area contributed by atoms with E-state index < -0.39 is 5.91 Å². The molecular formula is C10H11NO2. The zero-order valence-corrected chi connectivity index (χ0v) is 7.65. The van der Waals surface area contributed by atoms with Gasteiger partial charge in [-0.15, -0.1) is 0 Å². The van der Waals surface area contributed by atoms with Gasteiger partial charge in [-0.25, -0.2) is 0 Å². The van der Waals surface area contributed by atoms with Gasteiger partial charge in [0.2, 0.25) is 6.29 Å². The second kappa shape index (κ2) is 3.85. The van der Waals surface area contributed by atoms with Crippen LogP contribution in [0.4, 0.5) is 5.69 Å². The molecule has 0 N–H and O–H groups in total. The molecule has 3 nitrogen and oxygen atoms in total. The second-order valence-corrected chi connectivity index (χ2v) is 2.80. The summed E-state index contributed by atoms with van der Waals surface area (Å²) in [6, 6.07) is 7.41. The molecule has 0 saturated carbocycles. The van der Waals surface area contributed by atoms with Crippen LogP contribution in [0.2, 0.25) is 0 Å². The Kier molecular flexibility index (Phi) is 2.80. The predicted molar refractivity (Wildman–Crippen MR) is 50.7 cm³/mol. The number of nitrogens with zero attached hydrogens (tertiary/aromatic N) is 1. The third kappa shape index (κ3) is 1.93. The molecule has 0 heterocycles. The summed E-state index contributed by atoms with van der Waals surface area (Å²) in [5, 5.41) is 0. The van der Waals surface area contributed by atoms with Crippen molar-refractivity contribution in [2.75, 3.05) is 11.9 Å². The standard InChI is InChI=1S/C10H11NO2/c1-8-5-3-4-6-9(8)11(2)10(13)7-12/h3-7H,1-2H3. The van der Waals surface area contributed by atoms with Gasteiger partial charge in [-0.1, -0.05) is 18.2 Å². The first-order chi connectivity index (χ1) is 6.16. The van der Waals surface area contributed by atoms with Gasteiger partial charge in [-0.2, -0.15) is 0 Å². The maximum Gasteiger partial charge on any atom is 0.290 e. The molecule has 1 aromatic carbocycles. The monoisotopic (exact) mass is 177 g/mol. The Balaban J connectivity index is 3.01. The van der Waals surface area contributed by atoms with Crippen molar-refractivity contribution >= 4 is 17.9 Å². The SMILES string of the molecule is Cc1ccccc1N(C)C(=O)C=O. The van der Waals surface area contributed by atoms with Crippen molar-refractivity contribution in [1.29, 1.82) is 0 Å². The highest BCUT2D eigenvalue weighted by atomic mass is 16.2. The number of likely N-dealkylation sites (N-methyl/N-ethyl adjacent to an activating group) is 1. The Labute approximate surface area is 77.0 Å². The normalized spacial score (nSPS) is 9.38. The third-order valence-corrected chi connectivity index (χ3v) is 1.91. The Morgan fingerprint density at radius 3 is 2.54 bits per heavy atom. The van der Waals surface area contributed by atoms with Gasteiger partial charge in [-0.05, 0) is 18.6 Å². The van der Waals surface area contributed by atoms with Crippen LogP contribution in [-0.2, 0) is 9.59 Å². The van der Waals surface area contributed by atoms with Crippen LogP contribution in [0, 0.1) is 6.92 Å². The molecule has 13 heavy (non-hydrogen) atoms. The van der Waals surface area contributed by atoms with Crippen molar-refractivity contribution in [3.8, 4) is 0 Å². The van der Waals surface area contributed by atoms with Crippen molar-refractivity contribution in [1.82, 2.24) is 0 Å². The summed E-state index contributed by atoms with van der Waals surface area (Å²) in [6.45, 7) is 1.89. The largest absolute Gasteiger partial charge is 0.309 e. The molecule has 0 saturated heterocycles. The fraction of sp³-hybridized carbons (Fsp3) is 0.200. The Morgan fingerprint density at radius 2 is 2.00 bits per heavy atom. The van der Waals surface area contributed by atoms with Crippen LogP contribution in [-0.4, -0.2) is 19.2 Å². The van der Waals surface area contributed by atoms with E-state index in [2.05, 4.69) is 0 Å². The summed E-state index contributed by atoms with van der Waals surface area (Å²) in [5.41, 5.74) is 1.74. The van der Waals surface area contributed by atoms with Gasteiger partial charge >= 0.3 is 0 Å². The van der Waals surface area contributed by atoms with Crippen molar-refractivity contribution in [2.45, 2.75) is 6.92 Å². The minimum absolute atomic E-state index is 0.312. The van der Waals surface area contributed by atoms with Gasteiger partial charge < -0.3 is 4.90 Å². The Hall–Kier alpha value is -1.64. The average Bonchev–Trinajstić information content (AvgIpc) is 2.16. The number of benzene rings is 1. The van der Waals surface area contributed by atoms with Crippen molar-refractivity contribution < 1.29 is 9.59 Å². The number of carbonyl (C=O) groups is 2. The quantitative estimate of drug-likeness (QED) is 0.502. The number of aryl methyl sites for hydroxylation is 1. The molecule has 1 amide bonds. The zero-order chi connectivity index (χ0) is 9.84. The summed E-state index contributed by atoms with van der Waals surface area (Å²) in [4.78, 5) is 22.6. The number of aldehydes is 1. The van der Waals surface area contributed by atoms with Crippen LogP contribution in [0.3, 0.4) is 0 Å². The Bertz CT molecular complexity index is 333. The highest BCUT2D eigenvalue weighted by molar-refractivity contribution is 6.30. The van der Waals surface area contributed by atoms with Crippen molar-refractivity contribution in [3.63, 3.8) is 0 Å². The predicted octanol–water partition coefficient (Wildman–Crippen LogP) is 1.16. The van der Waals surface area contributed by atoms with E-state index in [4.69, 9.17) is 0 Å². The Morgan fingerprint density at radius 1 is 1.38 bits per heavy atom. The molecule has 0 unspecified atom stereocenters. The molecule has 0 spiro atoms. The van der Waals surface area contributed by atoms with E-state index in [1.165, 1.54) is 4.90 Å². The lowest BCUT2D eigenvalue weighted by Crippen LogP contribution is -2.27. The summed E-state index contributed by atoms with van der Waals surface area (Å²) in [6.07, 6.45) is 0.312. The molecule has 68 valence electrons. The van der Waals surface area contributed by atoms with Crippen LogP contribution in [0.15, 0.2) is 24.3 Å². The van der Waals surface area contributed by atoms with Gasteiger partial charge in [0.05, 0.1) is 0 Å². The fourth-order valence-electron chi connectivity index (χ4n) is 1.14. The van der Waals surface area contributed by atoms with Gasteiger partial charge in [-0.3, -0.25) is 9.59 Å². The molecule has 0 aliphatic rings. The highest BCUT2D eigenvalue weighted by Crippen LogP contribution is 2.17. The van der Waals surface area contributed by atoms with Gasteiger partial charge in [0.15, 0.2) is 0 Å². The van der Waals surface area contributed by atoms with E-state index in [1.807, 2.05) is 25.1 Å². The molecule has 0 fully saturated rings. The number of hydrogen-bond acceptors (Lipinski definition) is 2. The summed E-state index contributed by atoms with van der Waals surface area (Å²) >= 11 is 0. The number of rotatable bonds is 2. The van der Waals surface area contributed by atoms with Gasteiger partial charge in [0.1, 0.15) is 0 Å². The van der Waals surface area contributed by atoms with E-state index >= 15 is 0 Å². The van der Waals surface area contributed by atoms with E-state index in [-0.39, 0.29) is 0 Å². The second-order valence-electron chi connectivity index (χ2n) is 2.80. The minimum atomic E-state index is -0.533. The van der Waals surface area contributed by atoms with Gasteiger partial charge in [0, 0.05) is 12.7 Å². The summed E-state index contributed by atoms with van der Waals surface area (Å²) < 4.78 is 0. The van der Waals surface area contributed by atoms with Gasteiger partial charge in [0.25, 0.3) is 5.91 Å². The molecule has 0 aliphatic carbocycles. The van der Waals surface area contributed by atoms with E-state index in [1.54, 1.807) is 13.1 Å². The first-order valence-electron chi connectivity index (χ1n) is 3.95. The average molecular weight is 177 g/mol. The fourth-order valence-corrected chi connectivity index (χ4v) is 1.14. The number of carbonyl (C=O) groups excluding carboxylic acids is 2. The van der Waals surface area contributed by atoms with Crippen LogP contribution < -0.4 is 4.90 Å². The lowest BCUT2D eigenvalue weighted by atomic mass is 10.2. The van der Waals surface area contributed by atoms with Crippen LogP contribution in [0.1, 0.15) is 5.56 Å². The number of hydrogen-bond donors (Lipinski definition) is 0. The summed E-state index contributed by atoms with van der Waals surface area (Å²) in [7, 11) is 1.58. The first kappa shape index (κ1) is 9.45. The molecule has 1 rings (SSSR count). The lowest BCUT2D eigenvalue weighted by Gasteiger charge is -2.16. The van der Waals surface area contributed by atoms with Crippen LogP contribution in [0.5, 0.6) is 0 Å².